The molecule has 0 heterocycles. The standard InChI is InChI=1S/C22H61NO7P2Si6/c1-33(2,3)22(34(4,5)6,35(7,8)9)38(16,17)23(36(10,11)12)20-18-19-21(31(24,25)26,32(27,28)29)30-37(13,14)15/h18-20H2,1-17H3,(H2,24,25,26)(H2,27,28,29). The van der Waals surface area contributed by atoms with Gasteiger partial charge in [-0.25, -0.2) is 0 Å². The van der Waals surface area contributed by atoms with Crippen molar-refractivity contribution >= 4 is 64.2 Å². The molecule has 0 aromatic heterocycles. The van der Waals surface area contributed by atoms with Crippen molar-refractivity contribution < 1.29 is 33.1 Å². The zero-order chi connectivity index (χ0) is 31.4. The van der Waals surface area contributed by atoms with Crippen LogP contribution in [0.4, 0.5) is 0 Å². The zero-order valence-corrected chi connectivity index (χ0v) is 35.3. The Morgan fingerprint density at radius 2 is 0.947 bits per heavy atom. The highest BCUT2D eigenvalue weighted by Crippen LogP contribution is 2.72. The van der Waals surface area contributed by atoms with Crippen LogP contribution in [0.3, 0.4) is 0 Å². The fraction of sp³-hybridized carbons (Fsp3) is 1.00. The fourth-order valence-corrected chi connectivity index (χ4v) is 75.7. The molecule has 0 bridgehead atoms. The van der Waals surface area contributed by atoms with E-state index in [1.54, 1.807) is 19.6 Å². The second kappa shape index (κ2) is 11.6. The Bertz CT molecular complexity index is 861. The van der Waals surface area contributed by atoms with E-state index in [0.717, 1.165) is 0 Å². The lowest BCUT2D eigenvalue weighted by Crippen LogP contribution is -2.82. The topological polar surface area (TPSA) is 128 Å². The molecular formula is C22H61NO7P2Si6. The molecule has 0 aliphatic rings. The summed E-state index contributed by atoms with van der Waals surface area (Å²) in [6.07, 6.45) is -0.127. The minimum absolute atomic E-state index is 0.251. The second-order valence-electron chi connectivity index (χ2n) is 16.5. The molecule has 0 amide bonds. The molecule has 0 fully saturated rings. The van der Waals surface area contributed by atoms with Gasteiger partial charge in [-0.1, -0.05) is 91.7 Å². The predicted molar refractivity (Wildman–Crippen MR) is 181 cm³/mol. The highest BCUT2D eigenvalue weighted by atomic mass is 31.2. The number of hydrogen-bond donors (Lipinski definition) is 4. The summed E-state index contributed by atoms with van der Waals surface area (Å²) in [7, 11) is -22.8. The minimum atomic E-state index is -5.30. The molecule has 4 N–H and O–H groups in total. The van der Waals surface area contributed by atoms with E-state index in [9.17, 15) is 28.7 Å². The van der Waals surface area contributed by atoms with Crippen molar-refractivity contribution in [3.63, 3.8) is 0 Å². The van der Waals surface area contributed by atoms with Crippen molar-refractivity contribution in [2.24, 2.45) is 0 Å². The summed E-state index contributed by atoms with van der Waals surface area (Å²) in [5.74, 6) is 0. The van der Waals surface area contributed by atoms with Gasteiger partial charge in [0.15, 0.2) is 8.32 Å². The van der Waals surface area contributed by atoms with Gasteiger partial charge in [-0.3, -0.25) is 9.13 Å². The van der Waals surface area contributed by atoms with Crippen LogP contribution in [0.2, 0.25) is 115 Å². The van der Waals surface area contributed by atoms with Crippen molar-refractivity contribution in [2.45, 2.75) is 133 Å². The molecule has 0 unspecified atom stereocenters. The molecular weight excluding hydrogens is 621 g/mol. The van der Waals surface area contributed by atoms with E-state index >= 15 is 0 Å². The summed E-state index contributed by atoms with van der Waals surface area (Å²) < 4.78 is 34.3. The molecule has 0 saturated heterocycles. The first-order valence-electron chi connectivity index (χ1n) is 13.6. The average molecular weight is 682 g/mol. The maximum atomic E-state index is 12.7. The van der Waals surface area contributed by atoms with Crippen LogP contribution in [0.1, 0.15) is 12.8 Å². The van der Waals surface area contributed by atoms with Crippen molar-refractivity contribution in [2.75, 3.05) is 6.54 Å². The van der Waals surface area contributed by atoms with Gasteiger partial charge < -0.3 is 28.2 Å². The number of nitrogens with zero attached hydrogens (tertiary/aromatic N) is 1. The molecule has 8 nitrogen and oxygen atoms in total. The molecule has 0 aromatic rings. The highest BCUT2D eigenvalue weighted by molar-refractivity contribution is 7.72. The third-order valence-corrected chi connectivity index (χ3v) is 54.8. The van der Waals surface area contributed by atoms with Crippen LogP contribution in [0.25, 0.3) is 0 Å². The average Bonchev–Trinajstić information content (AvgIpc) is 2.48. The van der Waals surface area contributed by atoms with Crippen LogP contribution in [0, 0.1) is 0 Å². The Kier molecular flexibility index (Phi) is 12.0. The summed E-state index contributed by atoms with van der Waals surface area (Å²) in [6.45, 7) is 40.5. The first kappa shape index (κ1) is 39.5. The largest absolute Gasteiger partial charge is 0.393 e. The van der Waals surface area contributed by atoms with Gasteiger partial charge in [-0.15, -0.1) is 0 Å². The van der Waals surface area contributed by atoms with Gasteiger partial charge in [0.1, 0.15) is 16.5 Å². The van der Waals surface area contributed by atoms with Gasteiger partial charge in [-0.2, -0.15) is 0 Å². The molecule has 0 aliphatic heterocycles. The van der Waals surface area contributed by atoms with E-state index in [1.807, 2.05) is 0 Å². The summed E-state index contributed by atoms with van der Waals surface area (Å²) in [6, 6.07) is 0. The SMILES string of the molecule is C[Si](C)(C)OC(CCCN([Si](C)(C)C)[Si](C)(C)C([Si](C)(C)C)([Si](C)(C)C)[Si](C)(C)C)(P(=O)(O)O)P(=O)(O)O. The van der Waals surface area contributed by atoms with Gasteiger partial charge >= 0.3 is 15.2 Å². The lowest BCUT2D eigenvalue weighted by molar-refractivity contribution is 0.135. The Labute approximate surface area is 240 Å². The highest BCUT2D eigenvalue weighted by Gasteiger charge is 2.70. The van der Waals surface area contributed by atoms with Crippen molar-refractivity contribution in [3.05, 3.63) is 0 Å². The zero-order valence-electron chi connectivity index (χ0n) is 27.5. The molecule has 0 spiro atoms. The number of rotatable bonds is 14. The lowest BCUT2D eigenvalue weighted by Gasteiger charge is -2.69. The van der Waals surface area contributed by atoms with Gasteiger partial charge in [0.25, 0.3) is 5.08 Å². The monoisotopic (exact) mass is 681 g/mol. The molecule has 38 heavy (non-hydrogen) atoms. The second-order valence-corrected chi connectivity index (χ2v) is 53.4. The Balaban J connectivity index is 7.09. The minimum Gasteiger partial charge on any atom is -0.393 e. The van der Waals surface area contributed by atoms with Crippen LogP contribution in [-0.4, -0.2) is 84.4 Å². The normalized spacial score (nSPS) is 16.4. The van der Waals surface area contributed by atoms with Crippen LogP contribution < -0.4 is 0 Å². The molecule has 0 saturated carbocycles. The molecule has 16 heteroatoms. The summed E-state index contributed by atoms with van der Waals surface area (Å²) in [4.78, 5) is 41.2. The lowest BCUT2D eigenvalue weighted by atomic mass is 10.3. The van der Waals surface area contributed by atoms with Crippen LogP contribution in [0.15, 0.2) is 0 Å². The van der Waals surface area contributed by atoms with Crippen molar-refractivity contribution in [3.8, 4) is 0 Å². The third-order valence-electron chi connectivity index (χ3n) is 8.04. The maximum Gasteiger partial charge on any atom is 0.368 e. The molecule has 0 atom stereocenters. The quantitative estimate of drug-likeness (QED) is 0.111. The molecule has 230 valence electrons. The summed E-state index contributed by atoms with van der Waals surface area (Å²) in [5.41, 5.74) is 0. The Morgan fingerprint density at radius 1 is 0.632 bits per heavy atom. The smallest absolute Gasteiger partial charge is 0.368 e. The number of hydrogen-bond acceptors (Lipinski definition) is 4. The van der Waals surface area contributed by atoms with Gasteiger partial charge in [0.05, 0.1) is 0 Å². The van der Waals surface area contributed by atoms with Crippen molar-refractivity contribution in [1.29, 1.82) is 0 Å². The molecule has 0 radical (unpaired) electrons. The first-order chi connectivity index (χ1) is 16.0. The van der Waals surface area contributed by atoms with Gasteiger partial charge in [0.2, 0.25) is 0 Å². The molecule has 0 aliphatic carbocycles. The summed E-state index contributed by atoms with van der Waals surface area (Å²) in [5, 5.41) is -2.80. The third kappa shape index (κ3) is 7.72. The Morgan fingerprint density at radius 3 is 1.16 bits per heavy atom. The van der Waals surface area contributed by atoms with E-state index < -0.39 is 69.3 Å². The van der Waals surface area contributed by atoms with Crippen LogP contribution in [-0.2, 0) is 13.6 Å². The van der Waals surface area contributed by atoms with Crippen molar-refractivity contribution in [1.82, 2.24) is 4.23 Å². The van der Waals surface area contributed by atoms with E-state index in [-0.39, 0.29) is 12.8 Å². The van der Waals surface area contributed by atoms with E-state index in [4.69, 9.17) is 4.43 Å². The van der Waals surface area contributed by atoms with E-state index in [1.165, 1.54) is 0 Å². The van der Waals surface area contributed by atoms with Gasteiger partial charge in [0, 0.05) is 30.6 Å². The fourth-order valence-electron chi connectivity index (χ4n) is 9.37. The first-order valence-corrected chi connectivity index (χ1v) is 37.2. The van der Waals surface area contributed by atoms with Crippen LogP contribution >= 0.6 is 15.2 Å². The maximum absolute atomic E-state index is 12.7. The van der Waals surface area contributed by atoms with E-state index in [2.05, 4.69) is 95.9 Å². The molecule has 0 aromatic carbocycles. The van der Waals surface area contributed by atoms with Gasteiger partial charge in [-0.05, 0) is 36.5 Å². The molecule has 0 rings (SSSR count). The predicted octanol–water partition coefficient (Wildman–Crippen LogP) is 7.34. The van der Waals surface area contributed by atoms with Crippen LogP contribution in [0.5, 0.6) is 0 Å². The van der Waals surface area contributed by atoms with E-state index in [0.29, 0.717) is 10.5 Å². The summed E-state index contributed by atoms with van der Waals surface area (Å²) >= 11 is 0. The Hall–Kier alpha value is 1.52.